The number of rotatable bonds is 6. The summed E-state index contributed by atoms with van der Waals surface area (Å²) in [7, 11) is 0. The van der Waals surface area contributed by atoms with Crippen molar-refractivity contribution in [3.05, 3.63) is 175 Å². The van der Waals surface area contributed by atoms with Crippen LogP contribution in [0.4, 0.5) is 17.1 Å². The van der Waals surface area contributed by atoms with Crippen molar-refractivity contribution in [2.45, 2.75) is 0 Å². The first-order valence-corrected chi connectivity index (χ1v) is 17.4. The van der Waals surface area contributed by atoms with Gasteiger partial charge in [0.2, 0.25) is 11.8 Å². The van der Waals surface area contributed by atoms with Gasteiger partial charge in [0.05, 0.1) is 11.6 Å². The molecule has 0 fully saturated rings. The van der Waals surface area contributed by atoms with Crippen molar-refractivity contribution in [3.8, 4) is 40.1 Å². The minimum atomic E-state index is 0.588. The van der Waals surface area contributed by atoms with Gasteiger partial charge >= 0.3 is 0 Å². The third-order valence-corrected chi connectivity index (χ3v) is 9.75. The number of para-hydroxylation sites is 4. The quantitative estimate of drug-likeness (QED) is 0.174. The van der Waals surface area contributed by atoms with Gasteiger partial charge in [0.1, 0.15) is 11.0 Å². The Labute approximate surface area is 304 Å². The SMILES string of the molecule is N#Cc1cccc2cc(-c3ccc4cc(N(c5ccc(-c6nc7ccccc7o6)cc5)c5ccc(-c6nc7ccccc7o6)cc5)ccc4c3)ccc12. The lowest BCUT2D eigenvalue weighted by atomic mass is 9.97. The van der Waals surface area contributed by atoms with Gasteiger partial charge < -0.3 is 13.7 Å². The van der Waals surface area contributed by atoms with Gasteiger partial charge in [0.15, 0.2) is 11.2 Å². The van der Waals surface area contributed by atoms with E-state index < -0.39 is 0 Å². The summed E-state index contributed by atoms with van der Waals surface area (Å²) in [5, 5.41) is 13.8. The zero-order chi connectivity index (χ0) is 35.3. The predicted octanol–water partition coefficient (Wildman–Crippen LogP) is 12.6. The van der Waals surface area contributed by atoms with Gasteiger partial charge in [-0.25, -0.2) is 9.97 Å². The third kappa shape index (κ3) is 5.45. The van der Waals surface area contributed by atoms with Crippen LogP contribution in [-0.2, 0) is 0 Å². The summed E-state index contributed by atoms with van der Waals surface area (Å²) in [6.45, 7) is 0. The van der Waals surface area contributed by atoms with E-state index in [1.165, 1.54) is 0 Å². The molecule has 10 rings (SSSR count). The van der Waals surface area contributed by atoms with E-state index in [0.29, 0.717) is 17.3 Å². The van der Waals surface area contributed by atoms with Crippen LogP contribution in [0, 0.1) is 11.3 Å². The maximum absolute atomic E-state index is 9.55. The van der Waals surface area contributed by atoms with Gasteiger partial charge in [-0.05, 0) is 136 Å². The lowest BCUT2D eigenvalue weighted by molar-refractivity contribution is 0.619. The van der Waals surface area contributed by atoms with Crippen LogP contribution in [0.1, 0.15) is 5.56 Å². The van der Waals surface area contributed by atoms with E-state index in [9.17, 15) is 5.26 Å². The van der Waals surface area contributed by atoms with E-state index in [2.05, 4.69) is 114 Å². The molecule has 0 aliphatic carbocycles. The molecule has 2 heterocycles. The number of anilines is 3. The number of oxazole rings is 2. The fourth-order valence-electron chi connectivity index (χ4n) is 7.06. The lowest BCUT2D eigenvalue weighted by Crippen LogP contribution is -2.09. The van der Waals surface area contributed by atoms with Gasteiger partial charge in [0, 0.05) is 28.2 Å². The predicted molar refractivity (Wildman–Crippen MR) is 212 cm³/mol. The number of hydrogen-bond acceptors (Lipinski definition) is 6. The normalized spacial score (nSPS) is 11.4. The van der Waals surface area contributed by atoms with Crippen molar-refractivity contribution in [2.75, 3.05) is 4.90 Å². The Kier molecular flexibility index (Phi) is 7.09. The molecule has 0 amide bonds. The number of nitriles is 1. The van der Waals surface area contributed by atoms with Crippen molar-refractivity contribution in [1.82, 2.24) is 9.97 Å². The second-order valence-electron chi connectivity index (χ2n) is 13.0. The van der Waals surface area contributed by atoms with Crippen molar-refractivity contribution in [2.24, 2.45) is 0 Å². The summed E-state index contributed by atoms with van der Waals surface area (Å²) in [5.74, 6) is 1.18. The molecule has 2 aromatic heterocycles. The molecule has 0 radical (unpaired) electrons. The molecule has 8 aromatic carbocycles. The largest absolute Gasteiger partial charge is 0.436 e. The van der Waals surface area contributed by atoms with E-state index in [-0.39, 0.29) is 0 Å². The molecule has 0 spiro atoms. The zero-order valence-electron chi connectivity index (χ0n) is 28.3. The molecule has 0 saturated heterocycles. The van der Waals surface area contributed by atoms with Gasteiger partial charge in [-0.1, -0.05) is 66.7 Å². The Morgan fingerprint density at radius 1 is 0.434 bits per heavy atom. The highest BCUT2D eigenvalue weighted by atomic mass is 16.4. The number of benzene rings is 8. The fraction of sp³-hybridized carbons (Fsp3) is 0. The summed E-state index contributed by atoms with van der Waals surface area (Å²) in [5.41, 5.74) is 10.9. The van der Waals surface area contributed by atoms with Crippen molar-refractivity contribution >= 4 is 60.8 Å². The minimum Gasteiger partial charge on any atom is -0.436 e. The monoisotopic (exact) mass is 680 g/mol. The first kappa shape index (κ1) is 30.3. The molecule has 0 saturated carbocycles. The van der Waals surface area contributed by atoms with Gasteiger partial charge in [-0.2, -0.15) is 5.26 Å². The Hall–Kier alpha value is -7.49. The molecule has 0 atom stereocenters. The second-order valence-corrected chi connectivity index (χ2v) is 13.0. The van der Waals surface area contributed by atoms with Crippen LogP contribution < -0.4 is 4.90 Å². The molecule has 0 bridgehead atoms. The number of aromatic nitrogens is 2. The third-order valence-electron chi connectivity index (χ3n) is 9.75. The molecule has 6 heteroatoms. The zero-order valence-corrected chi connectivity index (χ0v) is 28.3. The standard InChI is InChI=1S/C47H28N4O2/c48-29-37-7-5-6-36-27-34(19-25-41(36)37)32-12-13-35-28-40(24-18-33(35)26-32)51(38-20-14-30(15-21-38)46-49-42-8-1-3-10-44(42)52-46)39-22-16-31(17-23-39)47-50-43-9-2-4-11-45(43)53-47/h1-28H. The summed E-state index contributed by atoms with van der Waals surface area (Å²) in [6, 6.07) is 59.8. The molecule has 6 nitrogen and oxygen atoms in total. The first-order chi connectivity index (χ1) is 26.2. The average Bonchev–Trinajstić information content (AvgIpc) is 3.86. The molecule has 248 valence electrons. The Balaban J connectivity index is 1.03. The van der Waals surface area contributed by atoms with Crippen LogP contribution in [0.3, 0.4) is 0 Å². The Morgan fingerprint density at radius 2 is 0.943 bits per heavy atom. The van der Waals surface area contributed by atoms with E-state index in [4.69, 9.17) is 18.8 Å². The van der Waals surface area contributed by atoms with E-state index in [0.717, 1.165) is 83.1 Å². The molecule has 0 aliphatic rings. The van der Waals surface area contributed by atoms with Gasteiger partial charge in [-0.3, -0.25) is 0 Å². The second kappa shape index (κ2) is 12.4. The van der Waals surface area contributed by atoms with Crippen LogP contribution >= 0.6 is 0 Å². The Bertz CT molecular complexity index is 2840. The van der Waals surface area contributed by atoms with E-state index >= 15 is 0 Å². The first-order valence-electron chi connectivity index (χ1n) is 17.4. The van der Waals surface area contributed by atoms with Crippen molar-refractivity contribution < 1.29 is 8.83 Å². The highest BCUT2D eigenvalue weighted by Crippen LogP contribution is 2.39. The molecular weight excluding hydrogens is 653 g/mol. The maximum atomic E-state index is 9.55. The molecule has 0 aliphatic heterocycles. The average molecular weight is 681 g/mol. The molecule has 10 aromatic rings. The van der Waals surface area contributed by atoms with E-state index in [1.54, 1.807) is 0 Å². The summed E-state index contributed by atoms with van der Waals surface area (Å²) in [4.78, 5) is 11.7. The van der Waals surface area contributed by atoms with Gasteiger partial charge in [0.25, 0.3) is 0 Å². The smallest absolute Gasteiger partial charge is 0.227 e. The van der Waals surface area contributed by atoms with Crippen molar-refractivity contribution in [3.63, 3.8) is 0 Å². The van der Waals surface area contributed by atoms with E-state index in [1.807, 2.05) is 66.7 Å². The van der Waals surface area contributed by atoms with Crippen LogP contribution in [-0.4, -0.2) is 9.97 Å². The molecule has 53 heavy (non-hydrogen) atoms. The van der Waals surface area contributed by atoms with Gasteiger partial charge in [-0.15, -0.1) is 0 Å². The Morgan fingerprint density at radius 3 is 1.55 bits per heavy atom. The van der Waals surface area contributed by atoms with Crippen LogP contribution in [0.2, 0.25) is 0 Å². The highest BCUT2D eigenvalue weighted by Gasteiger charge is 2.17. The molecular formula is C47H28N4O2. The molecule has 0 N–H and O–H groups in total. The summed E-state index contributed by atoms with van der Waals surface area (Å²) in [6.07, 6.45) is 0. The van der Waals surface area contributed by atoms with Crippen LogP contribution in [0.25, 0.3) is 77.8 Å². The highest BCUT2D eigenvalue weighted by molar-refractivity contribution is 5.95. The molecule has 0 unspecified atom stereocenters. The lowest BCUT2D eigenvalue weighted by Gasteiger charge is -2.26. The topological polar surface area (TPSA) is 79.1 Å². The van der Waals surface area contributed by atoms with Crippen LogP contribution in [0.5, 0.6) is 0 Å². The fourth-order valence-corrected chi connectivity index (χ4v) is 7.06. The van der Waals surface area contributed by atoms with Crippen LogP contribution in [0.15, 0.2) is 179 Å². The number of hydrogen-bond donors (Lipinski definition) is 0. The summed E-state index contributed by atoms with van der Waals surface area (Å²) >= 11 is 0. The number of fused-ring (bicyclic) bond motifs is 4. The van der Waals surface area contributed by atoms with Crippen molar-refractivity contribution in [1.29, 1.82) is 5.26 Å². The summed E-state index contributed by atoms with van der Waals surface area (Å²) < 4.78 is 12.1. The maximum Gasteiger partial charge on any atom is 0.227 e. The minimum absolute atomic E-state index is 0.588. The number of nitrogens with zero attached hydrogens (tertiary/aromatic N) is 4.